The van der Waals surface area contributed by atoms with Crippen molar-refractivity contribution < 1.29 is 0 Å². The van der Waals surface area contributed by atoms with Crippen molar-refractivity contribution in [2.24, 2.45) is 0 Å². The molecular formula is C12H16N2. The van der Waals surface area contributed by atoms with Crippen LogP contribution in [0, 0.1) is 0 Å². The Morgan fingerprint density at radius 3 is 2.93 bits per heavy atom. The lowest BCUT2D eigenvalue weighted by Gasteiger charge is -2.11. The van der Waals surface area contributed by atoms with Crippen molar-refractivity contribution in [3.05, 3.63) is 49.1 Å². The van der Waals surface area contributed by atoms with E-state index in [1.165, 1.54) is 0 Å². The molecular weight excluding hydrogens is 172 g/mol. The van der Waals surface area contributed by atoms with Crippen LogP contribution < -0.4 is 11.1 Å². The summed E-state index contributed by atoms with van der Waals surface area (Å²) in [5, 5.41) is 3.30. The first-order valence-electron chi connectivity index (χ1n) is 4.63. The number of nitrogens with two attached hydrogens (primary N) is 1. The molecule has 1 atom stereocenters. The van der Waals surface area contributed by atoms with E-state index >= 15 is 0 Å². The second kappa shape index (κ2) is 5.12. The zero-order valence-electron chi connectivity index (χ0n) is 8.40. The molecule has 74 valence electrons. The summed E-state index contributed by atoms with van der Waals surface area (Å²) in [5.74, 6) is 0. The van der Waals surface area contributed by atoms with E-state index in [9.17, 15) is 0 Å². The Hall–Kier alpha value is -1.70. The Bertz CT molecular complexity index is 329. The van der Waals surface area contributed by atoms with Gasteiger partial charge in [0.05, 0.1) is 0 Å². The van der Waals surface area contributed by atoms with Crippen LogP contribution in [-0.2, 0) is 0 Å². The predicted octanol–water partition coefficient (Wildman–Crippen LogP) is 2.81. The molecule has 3 N–H and O–H groups in total. The normalized spacial score (nSPS) is 12.6. The minimum Gasteiger partial charge on any atom is -0.399 e. The van der Waals surface area contributed by atoms with Crippen molar-refractivity contribution in [1.82, 2.24) is 0 Å². The van der Waals surface area contributed by atoms with Gasteiger partial charge in [0.1, 0.15) is 0 Å². The third-order valence-electron chi connectivity index (χ3n) is 1.82. The molecule has 0 fully saturated rings. The van der Waals surface area contributed by atoms with E-state index in [-0.39, 0.29) is 6.04 Å². The zero-order chi connectivity index (χ0) is 10.4. The molecule has 14 heavy (non-hydrogen) atoms. The molecule has 1 aromatic carbocycles. The van der Waals surface area contributed by atoms with E-state index in [0.717, 1.165) is 11.4 Å². The SMILES string of the molecule is C=C/C=C\C(C)Nc1cccc(N)c1. The van der Waals surface area contributed by atoms with E-state index in [2.05, 4.69) is 18.8 Å². The second-order valence-corrected chi connectivity index (χ2v) is 3.18. The highest BCUT2D eigenvalue weighted by Crippen LogP contribution is 2.12. The van der Waals surface area contributed by atoms with Crippen molar-refractivity contribution in [2.45, 2.75) is 13.0 Å². The summed E-state index contributed by atoms with van der Waals surface area (Å²) in [5.41, 5.74) is 7.47. The van der Waals surface area contributed by atoms with Gasteiger partial charge >= 0.3 is 0 Å². The Balaban J connectivity index is 2.59. The molecule has 2 nitrogen and oxygen atoms in total. The monoisotopic (exact) mass is 188 g/mol. The molecule has 1 aromatic rings. The minimum atomic E-state index is 0.273. The number of nitrogens with one attached hydrogen (secondary N) is 1. The van der Waals surface area contributed by atoms with Crippen molar-refractivity contribution in [1.29, 1.82) is 0 Å². The third kappa shape index (κ3) is 3.35. The molecule has 0 aliphatic carbocycles. The summed E-state index contributed by atoms with van der Waals surface area (Å²) < 4.78 is 0. The van der Waals surface area contributed by atoms with E-state index in [1.807, 2.05) is 36.4 Å². The predicted molar refractivity (Wildman–Crippen MR) is 63.3 cm³/mol. The van der Waals surface area contributed by atoms with Gasteiger partial charge in [0.2, 0.25) is 0 Å². The molecule has 0 radical (unpaired) electrons. The lowest BCUT2D eigenvalue weighted by Crippen LogP contribution is -2.11. The standard InChI is InChI=1S/C12H16N2/c1-3-4-6-10(2)14-12-8-5-7-11(13)9-12/h3-10,14H,1,13H2,2H3/b6-4-. The van der Waals surface area contributed by atoms with Crippen LogP contribution in [0.3, 0.4) is 0 Å². The van der Waals surface area contributed by atoms with Crippen molar-refractivity contribution >= 4 is 11.4 Å². The lowest BCUT2D eigenvalue weighted by molar-refractivity contribution is 0.998. The summed E-state index contributed by atoms with van der Waals surface area (Å²) >= 11 is 0. The molecule has 1 unspecified atom stereocenters. The van der Waals surface area contributed by atoms with Crippen molar-refractivity contribution in [3.8, 4) is 0 Å². The summed E-state index contributed by atoms with van der Waals surface area (Å²) in [6, 6.07) is 7.99. The highest BCUT2D eigenvalue weighted by molar-refractivity contribution is 5.54. The Morgan fingerprint density at radius 1 is 1.50 bits per heavy atom. The maximum atomic E-state index is 5.66. The van der Waals surface area contributed by atoms with Gasteiger partial charge in [-0.3, -0.25) is 0 Å². The minimum absolute atomic E-state index is 0.273. The maximum absolute atomic E-state index is 5.66. The van der Waals surface area contributed by atoms with Gasteiger partial charge in [-0.15, -0.1) is 0 Å². The summed E-state index contributed by atoms with van der Waals surface area (Å²) in [6.07, 6.45) is 5.72. The van der Waals surface area contributed by atoms with Crippen LogP contribution in [0.15, 0.2) is 49.1 Å². The molecule has 0 aromatic heterocycles. The zero-order valence-corrected chi connectivity index (χ0v) is 8.40. The van der Waals surface area contributed by atoms with Crippen LogP contribution in [0.25, 0.3) is 0 Å². The van der Waals surface area contributed by atoms with Gasteiger partial charge in [-0.2, -0.15) is 0 Å². The average Bonchev–Trinajstić information content (AvgIpc) is 2.15. The average molecular weight is 188 g/mol. The Kier molecular flexibility index (Phi) is 3.80. The smallest absolute Gasteiger partial charge is 0.0419 e. The first kappa shape index (κ1) is 10.4. The molecule has 0 aliphatic heterocycles. The molecule has 1 rings (SSSR count). The molecule has 0 amide bonds. The van der Waals surface area contributed by atoms with Crippen LogP contribution in [0.5, 0.6) is 0 Å². The maximum Gasteiger partial charge on any atom is 0.0419 e. The van der Waals surface area contributed by atoms with Crippen LogP contribution in [0.1, 0.15) is 6.92 Å². The van der Waals surface area contributed by atoms with Gasteiger partial charge in [-0.1, -0.05) is 30.9 Å². The summed E-state index contributed by atoms with van der Waals surface area (Å²) in [7, 11) is 0. The Labute approximate surface area is 85.1 Å². The molecule has 0 spiro atoms. The van der Waals surface area contributed by atoms with E-state index in [4.69, 9.17) is 5.73 Å². The van der Waals surface area contributed by atoms with Crippen molar-refractivity contribution in [2.75, 3.05) is 11.1 Å². The first-order chi connectivity index (χ1) is 6.72. The van der Waals surface area contributed by atoms with E-state index in [0.29, 0.717) is 0 Å². The number of allylic oxidation sites excluding steroid dienone is 2. The quantitative estimate of drug-likeness (QED) is 0.563. The van der Waals surface area contributed by atoms with Gasteiger partial charge in [0.25, 0.3) is 0 Å². The van der Waals surface area contributed by atoms with Gasteiger partial charge in [0.15, 0.2) is 0 Å². The second-order valence-electron chi connectivity index (χ2n) is 3.18. The van der Waals surface area contributed by atoms with Crippen LogP contribution in [0.2, 0.25) is 0 Å². The summed E-state index contributed by atoms with van der Waals surface area (Å²) in [6.45, 7) is 5.69. The fourth-order valence-corrected chi connectivity index (χ4v) is 1.18. The lowest BCUT2D eigenvalue weighted by atomic mass is 10.2. The van der Waals surface area contributed by atoms with Gasteiger partial charge in [-0.25, -0.2) is 0 Å². The highest BCUT2D eigenvalue weighted by atomic mass is 14.9. The van der Waals surface area contributed by atoms with E-state index < -0.39 is 0 Å². The van der Waals surface area contributed by atoms with Crippen molar-refractivity contribution in [3.63, 3.8) is 0 Å². The molecule has 0 saturated heterocycles. The molecule has 0 aliphatic rings. The highest BCUT2D eigenvalue weighted by Gasteiger charge is 1.96. The third-order valence-corrected chi connectivity index (χ3v) is 1.82. The van der Waals surface area contributed by atoms with Gasteiger partial charge in [-0.05, 0) is 25.1 Å². The van der Waals surface area contributed by atoms with E-state index in [1.54, 1.807) is 6.08 Å². The molecule has 0 bridgehead atoms. The molecule has 0 heterocycles. The molecule has 0 saturated carbocycles. The number of rotatable bonds is 4. The number of hydrogen-bond donors (Lipinski definition) is 2. The van der Waals surface area contributed by atoms with Crippen LogP contribution in [0.4, 0.5) is 11.4 Å². The topological polar surface area (TPSA) is 38.0 Å². The number of hydrogen-bond acceptors (Lipinski definition) is 2. The number of anilines is 2. The van der Waals surface area contributed by atoms with Crippen LogP contribution >= 0.6 is 0 Å². The number of benzene rings is 1. The number of nitrogen functional groups attached to an aromatic ring is 1. The summed E-state index contributed by atoms with van der Waals surface area (Å²) in [4.78, 5) is 0. The first-order valence-corrected chi connectivity index (χ1v) is 4.63. The largest absolute Gasteiger partial charge is 0.399 e. The fourth-order valence-electron chi connectivity index (χ4n) is 1.18. The fraction of sp³-hybridized carbons (Fsp3) is 0.167. The van der Waals surface area contributed by atoms with Crippen LogP contribution in [-0.4, -0.2) is 6.04 Å². The van der Waals surface area contributed by atoms with Gasteiger partial charge in [0, 0.05) is 17.4 Å². The molecule has 2 heteroatoms. The Morgan fingerprint density at radius 2 is 2.29 bits per heavy atom. The van der Waals surface area contributed by atoms with Gasteiger partial charge < -0.3 is 11.1 Å².